The highest BCUT2D eigenvalue weighted by Crippen LogP contribution is 2.39. The van der Waals surface area contributed by atoms with Gasteiger partial charge in [0, 0.05) is 11.6 Å². The van der Waals surface area contributed by atoms with Gasteiger partial charge in [-0.3, -0.25) is 0 Å². The van der Waals surface area contributed by atoms with E-state index < -0.39 is 0 Å². The zero-order valence-corrected chi connectivity index (χ0v) is 12.1. The van der Waals surface area contributed by atoms with Crippen LogP contribution >= 0.6 is 0 Å². The zero-order chi connectivity index (χ0) is 13.9. The van der Waals surface area contributed by atoms with Crippen molar-refractivity contribution in [3.05, 3.63) is 42.0 Å². The van der Waals surface area contributed by atoms with Crippen molar-refractivity contribution >= 4 is 10.8 Å². The summed E-state index contributed by atoms with van der Waals surface area (Å²) in [6, 6.07) is 12.7. The minimum absolute atomic E-state index is 0.0800. The standard InChI is InChI=1S/C18H23NO/c1-20-16-12-11-13-7-5-6-10-15(13)17(16)18(19)14-8-3-2-4-9-14/h5-7,10-12,14,18H,2-4,8-9,19H2,1H3/t18-/m1/s1. The number of ether oxygens (including phenoxy) is 1. The van der Waals surface area contributed by atoms with Gasteiger partial charge in [-0.25, -0.2) is 0 Å². The number of hydrogen-bond acceptors (Lipinski definition) is 2. The molecule has 2 N–H and O–H groups in total. The van der Waals surface area contributed by atoms with Crippen LogP contribution in [0.3, 0.4) is 0 Å². The number of methoxy groups -OCH3 is 1. The Balaban J connectivity index is 2.07. The second kappa shape index (κ2) is 5.84. The second-order valence-electron chi connectivity index (χ2n) is 5.83. The Morgan fingerprint density at radius 1 is 1.05 bits per heavy atom. The van der Waals surface area contributed by atoms with Gasteiger partial charge >= 0.3 is 0 Å². The van der Waals surface area contributed by atoms with Gasteiger partial charge in [-0.05, 0) is 35.6 Å². The normalized spacial score (nSPS) is 18.1. The molecule has 0 amide bonds. The van der Waals surface area contributed by atoms with E-state index in [0.717, 1.165) is 5.75 Å². The lowest BCUT2D eigenvalue weighted by atomic mass is 9.80. The molecule has 1 aliphatic carbocycles. The van der Waals surface area contributed by atoms with Gasteiger partial charge in [0.2, 0.25) is 0 Å². The molecule has 0 spiro atoms. The first-order valence-electron chi connectivity index (χ1n) is 7.62. The molecule has 106 valence electrons. The van der Waals surface area contributed by atoms with Crippen molar-refractivity contribution in [2.24, 2.45) is 11.7 Å². The van der Waals surface area contributed by atoms with Crippen LogP contribution in [0.25, 0.3) is 10.8 Å². The molecule has 0 heterocycles. The second-order valence-corrected chi connectivity index (χ2v) is 5.83. The fourth-order valence-electron chi connectivity index (χ4n) is 3.53. The molecule has 0 saturated heterocycles. The molecule has 2 heteroatoms. The number of rotatable bonds is 3. The lowest BCUT2D eigenvalue weighted by molar-refractivity contribution is 0.302. The lowest BCUT2D eigenvalue weighted by Crippen LogP contribution is -2.24. The summed E-state index contributed by atoms with van der Waals surface area (Å²) in [5.41, 5.74) is 7.82. The van der Waals surface area contributed by atoms with E-state index in [-0.39, 0.29) is 6.04 Å². The summed E-state index contributed by atoms with van der Waals surface area (Å²) >= 11 is 0. The van der Waals surface area contributed by atoms with Crippen LogP contribution in [-0.2, 0) is 0 Å². The number of benzene rings is 2. The average molecular weight is 269 g/mol. The maximum Gasteiger partial charge on any atom is 0.124 e. The molecule has 3 rings (SSSR count). The predicted octanol–water partition coefficient (Wildman–Crippen LogP) is 4.43. The number of hydrogen-bond donors (Lipinski definition) is 1. The first-order valence-corrected chi connectivity index (χ1v) is 7.62. The smallest absolute Gasteiger partial charge is 0.124 e. The number of nitrogens with two attached hydrogens (primary N) is 1. The van der Waals surface area contributed by atoms with Crippen LogP contribution in [0.1, 0.15) is 43.7 Å². The molecule has 0 aliphatic heterocycles. The third-order valence-electron chi connectivity index (χ3n) is 4.64. The van der Waals surface area contributed by atoms with Gasteiger partial charge in [-0.1, -0.05) is 49.6 Å². The Labute approximate surface area is 120 Å². The Bertz CT molecular complexity index is 587. The molecule has 1 atom stereocenters. The van der Waals surface area contributed by atoms with Gasteiger partial charge in [0.05, 0.1) is 7.11 Å². The van der Waals surface area contributed by atoms with Crippen molar-refractivity contribution in [3.63, 3.8) is 0 Å². The van der Waals surface area contributed by atoms with E-state index in [1.807, 2.05) is 0 Å². The monoisotopic (exact) mass is 269 g/mol. The topological polar surface area (TPSA) is 35.2 Å². The first kappa shape index (κ1) is 13.4. The summed E-state index contributed by atoms with van der Waals surface area (Å²) in [7, 11) is 1.74. The van der Waals surface area contributed by atoms with Gasteiger partial charge < -0.3 is 10.5 Å². The summed E-state index contributed by atoms with van der Waals surface area (Å²) in [4.78, 5) is 0. The molecule has 2 aromatic carbocycles. The van der Waals surface area contributed by atoms with Crippen LogP contribution in [0.15, 0.2) is 36.4 Å². The highest BCUT2D eigenvalue weighted by Gasteiger charge is 2.25. The Morgan fingerprint density at radius 2 is 1.80 bits per heavy atom. The molecular formula is C18H23NO. The molecule has 2 nitrogen and oxygen atoms in total. The largest absolute Gasteiger partial charge is 0.496 e. The molecule has 2 aromatic rings. The third-order valence-corrected chi connectivity index (χ3v) is 4.64. The van der Waals surface area contributed by atoms with Crippen LogP contribution in [0.2, 0.25) is 0 Å². The van der Waals surface area contributed by atoms with E-state index in [9.17, 15) is 0 Å². The quantitative estimate of drug-likeness (QED) is 0.894. The van der Waals surface area contributed by atoms with Crippen molar-refractivity contribution < 1.29 is 4.74 Å². The van der Waals surface area contributed by atoms with E-state index >= 15 is 0 Å². The third kappa shape index (κ3) is 2.40. The van der Waals surface area contributed by atoms with Gasteiger partial charge in [0.1, 0.15) is 5.75 Å². The van der Waals surface area contributed by atoms with Gasteiger partial charge in [-0.15, -0.1) is 0 Å². The molecule has 0 bridgehead atoms. The van der Waals surface area contributed by atoms with Gasteiger partial charge in [0.25, 0.3) is 0 Å². The van der Waals surface area contributed by atoms with Crippen molar-refractivity contribution in [2.75, 3.05) is 7.11 Å². The van der Waals surface area contributed by atoms with Crippen molar-refractivity contribution in [2.45, 2.75) is 38.1 Å². The summed E-state index contributed by atoms with van der Waals surface area (Å²) in [5.74, 6) is 1.52. The fourth-order valence-corrected chi connectivity index (χ4v) is 3.53. The van der Waals surface area contributed by atoms with Crippen molar-refractivity contribution in [1.29, 1.82) is 0 Å². The minimum atomic E-state index is 0.0800. The Kier molecular flexibility index (Phi) is 3.93. The number of fused-ring (bicyclic) bond motifs is 1. The molecule has 1 fully saturated rings. The maximum absolute atomic E-state index is 6.63. The van der Waals surface area contributed by atoms with E-state index in [1.165, 1.54) is 48.4 Å². The highest BCUT2D eigenvalue weighted by molar-refractivity contribution is 5.88. The van der Waals surface area contributed by atoms with Gasteiger partial charge in [-0.2, -0.15) is 0 Å². The van der Waals surface area contributed by atoms with E-state index in [4.69, 9.17) is 10.5 Å². The maximum atomic E-state index is 6.63. The Hall–Kier alpha value is -1.54. The van der Waals surface area contributed by atoms with Crippen LogP contribution in [0.5, 0.6) is 5.75 Å². The van der Waals surface area contributed by atoms with Crippen LogP contribution in [0, 0.1) is 5.92 Å². The molecule has 20 heavy (non-hydrogen) atoms. The zero-order valence-electron chi connectivity index (χ0n) is 12.1. The van der Waals surface area contributed by atoms with E-state index in [1.54, 1.807) is 7.11 Å². The molecule has 0 radical (unpaired) electrons. The minimum Gasteiger partial charge on any atom is -0.496 e. The summed E-state index contributed by atoms with van der Waals surface area (Å²) in [5, 5.41) is 2.49. The average Bonchev–Trinajstić information content (AvgIpc) is 2.54. The first-order chi connectivity index (χ1) is 9.81. The molecule has 0 aromatic heterocycles. The predicted molar refractivity (Wildman–Crippen MR) is 84.0 cm³/mol. The molecule has 1 saturated carbocycles. The molecule has 0 unspecified atom stereocenters. The highest BCUT2D eigenvalue weighted by atomic mass is 16.5. The molecular weight excluding hydrogens is 246 g/mol. The van der Waals surface area contributed by atoms with E-state index in [2.05, 4.69) is 36.4 Å². The lowest BCUT2D eigenvalue weighted by Gasteiger charge is -2.29. The summed E-state index contributed by atoms with van der Waals surface area (Å²) in [6.45, 7) is 0. The van der Waals surface area contributed by atoms with Gasteiger partial charge in [0.15, 0.2) is 0 Å². The fraction of sp³-hybridized carbons (Fsp3) is 0.444. The Morgan fingerprint density at radius 3 is 2.55 bits per heavy atom. The van der Waals surface area contributed by atoms with Crippen molar-refractivity contribution in [3.8, 4) is 5.75 Å². The molecule has 1 aliphatic rings. The van der Waals surface area contributed by atoms with Crippen LogP contribution in [0.4, 0.5) is 0 Å². The summed E-state index contributed by atoms with van der Waals surface area (Å²) < 4.78 is 5.59. The van der Waals surface area contributed by atoms with Crippen molar-refractivity contribution in [1.82, 2.24) is 0 Å². The van der Waals surface area contributed by atoms with Crippen LogP contribution < -0.4 is 10.5 Å². The van der Waals surface area contributed by atoms with E-state index in [0.29, 0.717) is 5.92 Å². The summed E-state index contributed by atoms with van der Waals surface area (Å²) in [6.07, 6.45) is 6.47. The van der Waals surface area contributed by atoms with Crippen LogP contribution in [-0.4, -0.2) is 7.11 Å². The SMILES string of the molecule is COc1ccc2ccccc2c1[C@H](N)C1CCCCC1.